The maximum atomic E-state index is 13.8. The first kappa shape index (κ1) is 24.2. The van der Waals surface area contributed by atoms with Crippen LogP contribution in [0.1, 0.15) is 46.5 Å². The van der Waals surface area contributed by atoms with Gasteiger partial charge in [0.25, 0.3) is 5.56 Å². The largest absolute Gasteiger partial charge is 0.488 e. The molecule has 2 fully saturated rings. The van der Waals surface area contributed by atoms with Crippen molar-refractivity contribution in [1.29, 1.82) is 0 Å². The number of anilines is 1. The summed E-state index contributed by atoms with van der Waals surface area (Å²) in [6.45, 7) is 6.80. The molecule has 0 bridgehead atoms. The van der Waals surface area contributed by atoms with Crippen LogP contribution in [-0.2, 0) is 4.74 Å². The summed E-state index contributed by atoms with van der Waals surface area (Å²) in [6.07, 6.45) is 3.48. The number of benzene rings is 2. The highest BCUT2D eigenvalue weighted by molar-refractivity contribution is 5.79. The predicted octanol–water partition coefficient (Wildman–Crippen LogP) is 4.76. The van der Waals surface area contributed by atoms with Crippen LogP contribution in [-0.4, -0.2) is 58.4 Å². The van der Waals surface area contributed by atoms with Crippen LogP contribution < -0.4 is 15.2 Å². The van der Waals surface area contributed by atoms with Gasteiger partial charge >= 0.3 is 6.09 Å². The number of carbonyl (C=O) groups is 1. The van der Waals surface area contributed by atoms with E-state index in [9.17, 15) is 9.59 Å². The molecule has 1 aliphatic carbocycles. The third-order valence-corrected chi connectivity index (χ3v) is 6.66. The number of hydrogen-bond donors (Lipinski definition) is 0. The lowest BCUT2D eigenvalue weighted by molar-refractivity contribution is 0.0205. The van der Waals surface area contributed by atoms with Crippen molar-refractivity contribution < 1.29 is 14.3 Å². The molecule has 0 unspecified atom stereocenters. The first-order valence-corrected chi connectivity index (χ1v) is 12.7. The zero-order valence-electron chi connectivity index (χ0n) is 21.4. The molecule has 1 saturated carbocycles. The summed E-state index contributed by atoms with van der Waals surface area (Å²) >= 11 is 0. The Kier molecular flexibility index (Phi) is 6.36. The fraction of sp³-hybridized carbons (Fsp3) is 0.464. The molecule has 0 atom stereocenters. The molecular formula is C28H34N4O4. The molecule has 1 saturated heterocycles. The van der Waals surface area contributed by atoms with Crippen LogP contribution >= 0.6 is 0 Å². The minimum Gasteiger partial charge on any atom is -0.488 e. The first-order valence-electron chi connectivity index (χ1n) is 12.7. The van der Waals surface area contributed by atoms with Crippen LogP contribution in [0, 0.1) is 0 Å². The van der Waals surface area contributed by atoms with Gasteiger partial charge in [0, 0.05) is 26.2 Å². The maximum Gasteiger partial charge on any atom is 0.410 e. The van der Waals surface area contributed by atoms with E-state index in [0.717, 1.165) is 25.7 Å². The standard InChI is InChI=1S/C28H34N4O4/c1-28(2,3)36-27(34)31-17-15-19(16-18-31)30(4)26-29-22-10-6-5-9-21(22)25(33)32(26)23-11-7-8-12-24(23)35-20-13-14-20/h5-12,19-20H,13-18H2,1-4H3. The average Bonchev–Trinajstić information content (AvgIpc) is 3.67. The Morgan fingerprint density at radius 2 is 1.67 bits per heavy atom. The lowest BCUT2D eigenvalue weighted by Gasteiger charge is -2.38. The lowest BCUT2D eigenvalue weighted by Crippen LogP contribution is -2.48. The van der Waals surface area contributed by atoms with Gasteiger partial charge in [-0.3, -0.25) is 4.79 Å². The van der Waals surface area contributed by atoms with E-state index in [-0.39, 0.29) is 23.8 Å². The van der Waals surface area contributed by atoms with Gasteiger partial charge in [0.05, 0.1) is 22.7 Å². The summed E-state index contributed by atoms with van der Waals surface area (Å²) in [5.74, 6) is 1.26. The Labute approximate surface area is 211 Å². The summed E-state index contributed by atoms with van der Waals surface area (Å²) in [6, 6.07) is 15.2. The van der Waals surface area contributed by atoms with Gasteiger partial charge in [0.1, 0.15) is 11.4 Å². The van der Waals surface area contributed by atoms with E-state index in [4.69, 9.17) is 14.5 Å². The molecule has 8 heteroatoms. The summed E-state index contributed by atoms with van der Waals surface area (Å²) in [4.78, 5) is 35.2. The molecule has 1 amide bonds. The van der Waals surface area contributed by atoms with E-state index in [2.05, 4.69) is 4.90 Å². The van der Waals surface area contributed by atoms with Crippen LogP contribution in [0.25, 0.3) is 16.6 Å². The summed E-state index contributed by atoms with van der Waals surface area (Å²) in [7, 11) is 1.98. The number of nitrogens with zero attached hydrogens (tertiary/aromatic N) is 4. The fourth-order valence-corrected chi connectivity index (χ4v) is 4.61. The summed E-state index contributed by atoms with van der Waals surface area (Å²) in [5, 5.41) is 0.565. The average molecular weight is 491 g/mol. The number of likely N-dealkylation sites (tertiary alicyclic amines) is 1. The molecule has 1 aliphatic heterocycles. The van der Waals surface area contributed by atoms with Gasteiger partial charge < -0.3 is 19.3 Å². The fourth-order valence-electron chi connectivity index (χ4n) is 4.61. The van der Waals surface area contributed by atoms with Gasteiger partial charge in [-0.05, 0) is 70.7 Å². The minimum atomic E-state index is -0.522. The predicted molar refractivity (Wildman–Crippen MR) is 140 cm³/mol. The molecule has 2 aliphatic rings. The number of ether oxygens (including phenoxy) is 2. The quantitative estimate of drug-likeness (QED) is 0.513. The summed E-state index contributed by atoms with van der Waals surface area (Å²) < 4.78 is 13.4. The Bertz CT molecular complexity index is 1320. The molecule has 0 radical (unpaired) electrons. The third-order valence-electron chi connectivity index (χ3n) is 6.66. The molecule has 190 valence electrons. The van der Waals surface area contributed by atoms with E-state index >= 15 is 0 Å². The SMILES string of the molecule is CN(c1nc2ccccc2c(=O)n1-c1ccccc1OC1CC1)C1CCN(C(=O)OC(C)(C)C)CC1. The van der Waals surface area contributed by atoms with Gasteiger partial charge in [-0.1, -0.05) is 24.3 Å². The highest BCUT2D eigenvalue weighted by Crippen LogP contribution is 2.33. The Balaban J connectivity index is 1.49. The number of carbonyl (C=O) groups excluding carboxylic acids is 1. The van der Waals surface area contributed by atoms with Crippen LogP contribution in [0.4, 0.5) is 10.7 Å². The first-order chi connectivity index (χ1) is 17.2. The molecule has 0 spiro atoms. The van der Waals surface area contributed by atoms with Crippen molar-refractivity contribution in [2.24, 2.45) is 0 Å². The number of hydrogen-bond acceptors (Lipinski definition) is 6. The normalized spacial score (nSPS) is 16.7. The van der Waals surface area contributed by atoms with E-state index in [0.29, 0.717) is 41.4 Å². The van der Waals surface area contributed by atoms with Crippen molar-refractivity contribution in [3.05, 3.63) is 58.9 Å². The molecular weight excluding hydrogens is 456 g/mol. The van der Waals surface area contributed by atoms with Crippen molar-refractivity contribution in [2.75, 3.05) is 25.0 Å². The highest BCUT2D eigenvalue weighted by Gasteiger charge is 2.31. The number of aromatic nitrogens is 2. The van der Waals surface area contributed by atoms with E-state index in [1.54, 1.807) is 9.47 Å². The number of para-hydroxylation sites is 3. The van der Waals surface area contributed by atoms with Crippen molar-refractivity contribution >= 4 is 22.9 Å². The highest BCUT2D eigenvalue weighted by atomic mass is 16.6. The smallest absolute Gasteiger partial charge is 0.410 e. The molecule has 1 aromatic heterocycles. The van der Waals surface area contributed by atoms with E-state index in [1.165, 1.54) is 0 Å². The molecule has 2 heterocycles. The van der Waals surface area contributed by atoms with Crippen molar-refractivity contribution in [3.8, 4) is 11.4 Å². The number of amides is 1. The Hall–Kier alpha value is -3.55. The maximum absolute atomic E-state index is 13.8. The number of piperidine rings is 1. The second-order valence-electron chi connectivity index (χ2n) is 10.7. The van der Waals surface area contributed by atoms with E-state index in [1.807, 2.05) is 76.3 Å². The minimum absolute atomic E-state index is 0.111. The zero-order valence-corrected chi connectivity index (χ0v) is 21.4. The summed E-state index contributed by atoms with van der Waals surface area (Å²) in [5.41, 5.74) is 0.708. The van der Waals surface area contributed by atoms with Gasteiger partial charge in [-0.25, -0.2) is 14.3 Å². The Morgan fingerprint density at radius 1 is 1.00 bits per heavy atom. The number of rotatable bonds is 5. The molecule has 2 aromatic carbocycles. The lowest BCUT2D eigenvalue weighted by atomic mass is 10.0. The van der Waals surface area contributed by atoms with E-state index < -0.39 is 5.60 Å². The van der Waals surface area contributed by atoms with Crippen LogP contribution in [0.3, 0.4) is 0 Å². The Morgan fingerprint density at radius 3 is 2.36 bits per heavy atom. The molecule has 5 rings (SSSR count). The van der Waals surface area contributed by atoms with Crippen molar-refractivity contribution in [3.63, 3.8) is 0 Å². The monoisotopic (exact) mass is 490 g/mol. The van der Waals surface area contributed by atoms with Gasteiger partial charge in [-0.2, -0.15) is 0 Å². The van der Waals surface area contributed by atoms with Crippen LogP contribution in [0.5, 0.6) is 5.75 Å². The second-order valence-corrected chi connectivity index (χ2v) is 10.7. The molecule has 0 N–H and O–H groups in total. The second kappa shape index (κ2) is 9.48. The van der Waals surface area contributed by atoms with Gasteiger partial charge in [0.15, 0.2) is 0 Å². The third kappa shape index (κ3) is 5.03. The van der Waals surface area contributed by atoms with Gasteiger partial charge in [-0.15, -0.1) is 0 Å². The van der Waals surface area contributed by atoms with Crippen LogP contribution in [0.15, 0.2) is 53.3 Å². The van der Waals surface area contributed by atoms with Gasteiger partial charge in [0.2, 0.25) is 5.95 Å². The van der Waals surface area contributed by atoms with Crippen LogP contribution in [0.2, 0.25) is 0 Å². The van der Waals surface area contributed by atoms with Crippen molar-refractivity contribution in [1.82, 2.24) is 14.5 Å². The number of fused-ring (bicyclic) bond motifs is 1. The molecule has 8 nitrogen and oxygen atoms in total. The zero-order chi connectivity index (χ0) is 25.4. The van der Waals surface area contributed by atoms with Crippen molar-refractivity contribution in [2.45, 2.75) is 64.2 Å². The molecule has 36 heavy (non-hydrogen) atoms. The molecule has 3 aromatic rings. The topological polar surface area (TPSA) is 76.9 Å².